The van der Waals surface area contributed by atoms with Gasteiger partial charge in [-0.25, -0.2) is 9.18 Å². The van der Waals surface area contributed by atoms with Crippen molar-refractivity contribution in [3.8, 4) is 17.2 Å². The van der Waals surface area contributed by atoms with Gasteiger partial charge in [0, 0.05) is 18.4 Å². The normalized spacial score (nSPS) is 22.3. The lowest BCUT2D eigenvalue weighted by Crippen LogP contribution is -2.47. The van der Waals surface area contributed by atoms with Crippen LogP contribution in [0.2, 0.25) is 0 Å². The fourth-order valence-electron chi connectivity index (χ4n) is 4.90. The van der Waals surface area contributed by atoms with Crippen molar-refractivity contribution in [3.05, 3.63) is 58.3 Å². The van der Waals surface area contributed by atoms with Gasteiger partial charge in [-0.2, -0.15) is 5.26 Å². The quantitative estimate of drug-likeness (QED) is 0.495. The summed E-state index contributed by atoms with van der Waals surface area (Å²) in [6, 6.07) is 10.2. The molecule has 0 saturated carbocycles. The Kier molecular flexibility index (Phi) is 6.31. The molecule has 0 spiro atoms. The SMILES string of the molecule is [B]C([B])([B])n1c(=O)oc2ccc(-c3ccc(CC(C#N)NC(=O)C4CC5COCC5N4)c(F)c3)cc21. The summed E-state index contributed by atoms with van der Waals surface area (Å²) in [5.41, 5.74) is 1.85. The Hall–Kier alpha value is -3.29. The highest BCUT2D eigenvalue weighted by Gasteiger charge is 2.41. The summed E-state index contributed by atoms with van der Waals surface area (Å²) in [6.45, 7) is 1.20. The van der Waals surface area contributed by atoms with Gasteiger partial charge in [0.1, 0.15) is 11.9 Å². The van der Waals surface area contributed by atoms with Gasteiger partial charge < -0.3 is 19.8 Å². The maximum absolute atomic E-state index is 15.0. The van der Waals surface area contributed by atoms with Crippen LogP contribution in [0.5, 0.6) is 0 Å². The number of carbonyl (C=O) groups is 1. The molecular weight excluding hydrogens is 460 g/mol. The monoisotopic (exact) mass is 480 g/mol. The molecule has 4 atom stereocenters. The second-order valence-electron chi connectivity index (χ2n) is 9.33. The van der Waals surface area contributed by atoms with Crippen LogP contribution in [0, 0.1) is 23.1 Å². The van der Waals surface area contributed by atoms with Crippen molar-refractivity contribution in [1.29, 1.82) is 5.26 Å². The van der Waals surface area contributed by atoms with Gasteiger partial charge in [0.15, 0.2) is 5.58 Å². The number of oxazole rings is 1. The lowest BCUT2D eigenvalue weighted by Gasteiger charge is -2.21. The predicted molar refractivity (Wildman–Crippen MR) is 132 cm³/mol. The number of fused-ring (bicyclic) bond motifs is 2. The van der Waals surface area contributed by atoms with Crippen LogP contribution in [0.15, 0.2) is 45.6 Å². The Morgan fingerprint density at radius 3 is 2.69 bits per heavy atom. The molecule has 176 valence electrons. The topological polar surface area (TPSA) is 109 Å². The number of ether oxygens (including phenoxy) is 1. The molecule has 2 aromatic carbocycles. The zero-order valence-corrected chi connectivity index (χ0v) is 19.2. The van der Waals surface area contributed by atoms with Gasteiger partial charge in [-0.3, -0.25) is 9.36 Å². The molecule has 6 radical (unpaired) electrons. The summed E-state index contributed by atoms with van der Waals surface area (Å²) in [5.74, 6) is -1.34. The van der Waals surface area contributed by atoms with Crippen LogP contribution in [-0.2, 0) is 21.2 Å². The van der Waals surface area contributed by atoms with E-state index in [1.165, 1.54) is 6.07 Å². The molecule has 0 aliphatic carbocycles. The summed E-state index contributed by atoms with van der Waals surface area (Å²) in [6.07, 6.45) is 0.652. The zero-order chi connectivity index (χ0) is 25.6. The molecule has 3 heterocycles. The largest absolute Gasteiger partial charge is 0.418 e. The molecule has 8 nitrogen and oxygen atoms in total. The van der Waals surface area contributed by atoms with Gasteiger partial charge in [-0.1, -0.05) is 23.4 Å². The third-order valence-electron chi connectivity index (χ3n) is 6.72. The Bertz CT molecular complexity index is 1420. The van der Waals surface area contributed by atoms with Crippen LogP contribution in [0.25, 0.3) is 22.2 Å². The third-order valence-corrected chi connectivity index (χ3v) is 6.72. The molecule has 4 unspecified atom stereocenters. The lowest BCUT2D eigenvalue weighted by atomic mass is 9.49. The first-order chi connectivity index (χ1) is 17.1. The average Bonchev–Trinajstić information content (AvgIpc) is 3.51. The van der Waals surface area contributed by atoms with Gasteiger partial charge in [0.05, 0.1) is 54.4 Å². The minimum Gasteiger partial charge on any atom is -0.408 e. The van der Waals surface area contributed by atoms with Crippen LogP contribution in [0.4, 0.5) is 4.39 Å². The molecule has 2 aliphatic heterocycles. The minimum atomic E-state index is -1.98. The van der Waals surface area contributed by atoms with Crippen molar-refractivity contribution in [3.63, 3.8) is 0 Å². The zero-order valence-electron chi connectivity index (χ0n) is 19.2. The van der Waals surface area contributed by atoms with E-state index in [0.717, 1.165) is 4.57 Å². The number of aromatic nitrogens is 1. The van der Waals surface area contributed by atoms with Crippen LogP contribution < -0.4 is 16.4 Å². The summed E-state index contributed by atoms with van der Waals surface area (Å²) in [5, 5.41) is 13.5. The van der Waals surface area contributed by atoms with Gasteiger partial charge in [-0.05, 0) is 41.3 Å². The Morgan fingerprint density at radius 2 is 2.00 bits per heavy atom. The first-order valence-electron chi connectivity index (χ1n) is 11.5. The number of hydrogen-bond acceptors (Lipinski definition) is 6. The molecule has 5 rings (SSSR count). The van der Waals surface area contributed by atoms with E-state index in [-0.39, 0.29) is 35.0 Å². The molecule has 2 fully saturated rings. The van der Waals surface area contributed by atoms with Crippen LogP contribution in [-0.4, -0.2) is 65.4 Å². The summed E-state index contributed by atoms with van der Waals surface area (Å²) in [7, 11) is 17.1. The smallest absolute Gasteiger partial charge is 0.408 e. The molecule has 2 aliphatic rings. The van der Waals surface area contributed by atoms with E-state index in [4.69, 9.17) is 32.7 Å². The van der Waals surface area contributed by atoms with Crippen molar-refractivity contribution in [2.24, 2.45) is 5.92 Å². The third kappa shape index (κ3) is 4.61. The van der Waals surface area contributed by atoms with Gasteiger partial charge in [0.25, 0.3) is 0 Å². The number of nitrogens with zero attached hydrogens (tertiary/aromatic N) is 2. The van der Waals surface area contributed by atoms with E-state index in [1.54, 1.807) is 30.3 Å². The number of amides is 1. The van der Waals surface area contributed by atoms with E-state index in [9.17, 15) is 14.9 Å². The number of hydrogen-bond donors (Lipinski definition) is 2. The van der Waals surface area contributed by atoms with Crippen LogP contribution in [0.1, 0.15) is 12.0 Å². The van der Waals surface area contributed by atoms with E-state index >= 15 is 4.39 Å². The first kappa shape index (κ1) is 24.4. The van der Waals surface area contributed by atoms with E-state index in [2.05, 4.69) is 10.6 Å². The van der Waals surface area contributed by atoms with E-state index in [0.29, 0.717) is 36.7 Å². The standard InChI is InChI=1S/C24H20B3FN4O4/c25-24(26,27)32-20-8-13(3-4-21(20)36-23(32)34)12-1-2-14(17(28)6-12)5-16(9-29)30-22(33)18-7-15-10-35-11-19(15)31-18/h1-4,6,8,15-16,18-19,31H,5,7,10-11H2,(H,30,33). The molecule has 1 amide bonds. The second kappa shape index (κ2) is 9.30. The Balaban J connectivity index is 1.32. The fraction of sp³-hybridized carbons (Fsp3) is 0.375. The highest BCUT2D eigenvalue weighted by atomic mass is 19.1. The van der Waals surface area contributed by atoms with Crippen molar-refractivity contribution in [2.45, 2.75) is 36.2 Å². The maximum atomic E-state index is 15.0. The predicted octanol–water partition coefficient (Wildman–Crippen LogP) is 0.402. The summed E-state index contributed by atoms with van der Waals surface area (Å²) < 4.78 is 26.5. The molecule has 1 aromatic heterocycles. The summed E-state index contributed by atoms with van der Waals surface area (Å²) >= 11 is 0. The molecule has 3 aromatic rings. The Morgan fingerprint density at radius 1 is 1.25 bits per heavy atom. The highest BCUT2D eigenvalue weighted by Crippen LogP contribution is 2.28. The number of rotatable bonds is 6. The number of halogens is 1. The van der Waals surface area contributed by atoms with Crippen molar-refractivity contribution >= 4 is 40.5 Å². The summed E-state index contributed by atoms with van der Waals surface area (Å²) in [4.78, 5) is 24.8. The average molecular weight is 480 g/mol. The first-order valence-corrected chi connectivity index (χ1v) is 11.5. The van der Waals surface area contributed by atoms with Crippen molar-refractivity contribution < 1.29 is 18.3 Å². The van der Waals surface area contributed by atoms with Crippen molar-refractivity contribution in [2.75, 3.05) is 13.2 Å². The van der Waals surface area contributed by atoms with Crippen molar-refractivity contribution in [1.82, 2.24) is 15.2 Å². The number of carbonyl (C=O) groups excluding carboxylic acids is 1. The molecule has 12 heteroatoms. The maximum Gasteiger partial charge on any atom is 0.418 e. The van der Waals surface area contributed by atoms with Crippen LogP contribution >= 0.6 is 0 Å². The molecule has 2 N–H and O–H groups in total. The molecule has 2 saturated heterocycles. The van der Waals surface area contributed by atoms with Crippen LogP contribution in [0.3, 0.4) is 0 Å². The second-order valence-corrected chi connectivity index (χ2v) is 9.33. The number of benzene rings is 2. The number of nitrogens with one attached hydrogen (secondary N) is 2. The molecule has 36 heavy (non-hydrogen) atoms. The Labute approximate surface area is 210 Å². The van der Waals surface area contributed by atoms with Gasteiger partial charge >= 0.3 is 5.76 Å². The van der Waals surface area contributed by atoms with E-state index < -0.39 is 28.9 Å². The van der Waals surface area contributed by atoms with E-state index in [1.807, 2.05) is 6.07 Å². The lowest BCUT2D eigenvalue weighted by molar-refractivity contribution is -0.123. The van der Waals surface area contributed by atoms with Gasteiger partial charge in [0.2, 0.25) is 5.91 Å². The molecule has 0 bridgehead atoms. The van der Waals surface area contributed by atoms with Gasteiger partial charge in [-0.15, -0.1) is 0 Å². The number of nitriles is 1. The fourth-order valence-corrected chi connectivity index (χ4v) is 4.90. The molecular formula is C24H20B3FN4O4. The minimum absolute atomic E-state index is 0.00733. The highest BCUT2D eigenvalue weighted by molar-refractivity contribution is 6.56.